The first-order chi connectivity index (χ1) is 11.1. The molecule has 1 N–H and O–H groups in total. The number of para-hydroxylation sites is 1. The summed E-state index contributed by atoms with van der Waals surface area (Å²) in [5.41, 5.74) is 3.86. The van der Waals surface area contributed by atoms with Crippen LogP contribution < -0.4 is 10.1 Å². The number of hydrogen-bond donors (Lipinski definition) is 1. The number of ether oxygens (including phenoxy) is 1. The van der Waals surface area contributed by atoms with E-state index in [2.05, 4.69) is 10.3 Å². The number of fused-ring (bicyclic) bond motifs is 1. The summed E-state index contributed by atoms with van der Waals surface area (Å²) < 4.78 is 6.34. The van der Waals surface area contributed by atoms with E-state index < -0.39 is 0 Å². The smallest absolute Gasteiger partial charge is 0.184 e. The minimum atomic E-state index is 0. The number of hydrogen-bond acceptors (Lipinski definition) is 5. The quantitative estimate of drug-likeness (QED) is 0.618. The standard InChI is InChI=1S/C18H18N2O2S.BrH/c1-11-7-8-13(9-12(11)2)14(21)10-19-18-20-17-15(22-3)5-4-6-16(17)23-18;/h4-9H,10H2,1-3H3,(H,19,20);1H. The second kappa shape index (κ2) is 7.77. The van der Waals surface area contributed by atoms with Crippen molar-refractivity contribution in [3.8, 4) is 5.75 Å². The van der Waals surface area contributed by atoms with Crippen molar-refractivity contribution in [3.63, 3.8) is 0 Å². The van der Waals surface area contributed by atoms with E-state index in [1.54, 1.807) is 7.11 Å². The molecule has 6 heteroatoms. The van der Waals surface area contributed by atoms with Crippen molar-refractivity contribution >= 4 is 49.4 Å². The lowest BCUT2D eigenvalue weighted by molar-refractivity contribution is 0.101. The van der Waals surface area contributed by atoms with Crippen molar-refractivity contribution < 1.29 is 9.53 Å². The molecule has 0 aliphatic rings. The molecule has 126 valence electrons. The van der Waals surface area contributed by atoms with E-state index in [0.29, 0.717) is 0 Å². The first-order valence-corrected chi connectivity index (χ1v) is 8.18. The van der Waals surface area contributed by atoms with Gasteiger partial charge in [-0.2, -0.15) is 0 Å². The zero-order valence-corrected chi connectivity index (χ0v) is 16.3. The topological polar surface area (TPSA) is 51.2 Å². The fraction of sp³-hybridized carbons (Fsp3) is 0.222. The lowest BCUT2D eigenvalue weighted by atomic mass is 10.0. The lowest BCUT2D eigenvalue weighted by Crippen LogP contribution is -2.14. The second-order valence-corrected chi connectivity index (χ2v) is 6.43. The van der Waals surface area contributed by atoms with Crippen LogP contribution in [-0.4, -0.2) is 24.4 Å². The first-order valence-electron chi connectivity index (χ1n) is 7.36. The molecule has 0 bridgehead atoms. The number of anilines is 1. The van der Waals surface area contributed by atoms with Crippen LogP contribution >= 0.6 is 28.3 Å². The van der Waals surface area contributed by atoms with Gasteiger partial charge in [0.15, 0.2) is 10.9 Å². The van der Waals surface area contributed by atoms with E-state index in [0.717, 1.165) is 32.2 Å². The Hall–Kier alpha value is -1.92. The molecule has 1 heterocycles. The summed E-state index contributed by atoms with van der Waals surface area (Å²) in [5.74, 6) is 0.798. The van der Waals surface area contributed by atoms with Crippen LogP contribution in [0.25, 0.3) is 10.2 Å². The predicted octanol–water partition coefficient (Wildman–Crippen LogP) is 4.79. The van der Waals surface area contributed by atoms with Crippen molar-refractivity contribution in [2.24, 2.45) is 0 Å². The Morgan fingerprint density at radius 3 is 2.71 bits per heavy atom. The number of nitrogens with one attached hydrogen (secondary N) is 1. The van der Waals surface area contributed by atoms with Crippen molar-refractivity contribution in [2.45, 2.75) is 13.8 Å². The summed E-state index contributed by atoms with van der Waals surface area (Å²) in [6, 6.07) is 11.6. The third-order valence-corrected chi connectivity index (χ3v) is 4.81. The number of thiazole rings is 1. The summed E-state index contributed by atoms with van der Waals surface area (Å²) in [5, 5.41) is 3.84. The summed E-state index contributed by atoms with van der Waals surface area (Å²) in [6.45, 7) is 4.28. The van der Waals surface area contributed by atoms with Gasteiger partial charge in [0.1, 0.15) is 11.3 Å². The molecule has 0 atom stereocenters. The van der Waals surface area contributed by atoms with Gasteiger partial charge in [0, 0.05) is 5.56 Å². The molecular weight excluding hydrogens is 388 g/mol. The Balaban J connectivity index is 0.00000208. The zero-order valence-electron chi connectivity index (χ0n) is 13.8. The number of aryl methyl sites for hydroxylation is 2. The van der Waals surface area contributed by atoms with E-state index in [-0.39, 0.29) is 29.3 Å². The van der Waals surface area contributed by atoms with E-state index in [1.165, 1.54) is 16.9 Å². The van der Waals surface area contributed by atoms with Crippen LogP contribution in [0.5, 0.6) is 5.75 Å². The number of rotatable bonds is 5. The minimum Gasteiger partial charge on any atom is -0.494 e. The third kappa shape index (κ3) is 3.76. The molecule has 0 aliphatic heterocycles. The van der Waals surface area contributed by atoms with Crippen molar-refractivity contribution in [1.29, 1.82) is 0 Å². The summed E-state index contributed by atoms with van der Waals surface area (Å²) >= 11 is 1.52. The molecule has 4 nitrogen and oxygen atoms in total. The first kappa shape index (κ1) is 18.4. The van der Waals surface area contributed by atoms with Gasteiger partial charge in [-0.25, -0.2) is 4.98 Å². The van der Waals surface area contributed by atoms with Gasteiger partial charge in [-0.3, -0.25) is 4.79 Å². The number of aromatic nitrogens is 1. The Kier molecular flexibility index (Phi) is 5.96. The molecule has 3 rings (SSSR count). The fourth-order valence-corrected chi connectivity index (χ4v) is 3.22. The molecule has 0 fully saturated rings. The lowest BCUT2D eigenvalue weighted by Gasteiger charge is -2.05. The van der Waals surface area contributed by atoms with Crippen LogP contribution in [0.4, 0.5) is 5.13 Å². The number of carbonyl (C=O) groups excluding carboxylic acids is 1. The van der Waals surface area contributed by atoms with Gasteiger partial charge in [-0.05, 0) is 43.2 Å². The second-order valence-electron chi connectivity index (χ2n) is 5.40. The SMILES string of the molecule is Br.COc1cccc2sc(NCC(=O)c3ccc(C)c(C)c3)nc12. The summed E-state index contributed by atoms with van der Waals surface area (Å²) in [7, 11) is 1.63. The molecule has 0 saturated carbocycles. The van der Waals surface area contributed by atoms with E-state index >= 15 is 0 Å². The number of nitrogens with zero attached hydrogens (tertiary/aromatic N) is 1. The highest BCUT2D eigenvalue weighted by atomic mass is 79.9. The molecule has 0 amide bonds. The molecule has 0 radical (unpaired) electrons. The van der Waals surface area contributed by atoms with Crippen molar-refractivity contribution in [2.75, 3.05) is 19.0 Å². The normalized spacial score (nSPS) is 10.3. The van der Waals surface area contributed by atoms with Gasteiger partial charge in [0.05, 0.1) is 18.4 Å². The van der Waals surface area contributed by atoms with Crippen LogP contribution in [0.2, 0.25) is 0 Å². The van der Waals surface area contributed by atoms with Crippen molar-refractivity contribution in [1.82, 2.24) is 4.98 Å². The Bertz CT molecular complexity index is 877. The van der Waals surface area contributed by atoms with Gasteiger partial charge in [0.25, 0.3) is 0 Å². The highest BCUT2D eigenvalue weighted by molar-refractivity contribution is 8.93. The van der Waals surface area contributed by atoms with Crippen LogP contribution in [0.15, 0.2) is 36.4 Å². The highest BCUT2D eigenvalue weighted by Gasteiger charge is 2.11. The predicted molar refractivity (Wildman–Crippen MR) is 105 cm³/mol. The van der Waals surface area contributed by atoms with E-state index in [1.807, 2.05) is 50.2 Å². The number of carbonyl (C=O) groups is 1. The average Bonchev–Trinajstić information content (AvgIpc) is 2.98. The molecule has 24 heavy (non-hydrogen) atoms. The largest absolute Gasteiger partial charge is 0.494 e. The molecule has 3 aromatic rings. The van der Waals surface area contributed by atoms with Gasteiger partial charge < -0.3 is 10.1 Å². The summed E-state index contributed by atoms with van der Waals surface area (Å²) in [6.07, 6.45) is 0. The monoisotopic (exact) mass is 406 g/mol. The van der Waals surface area contributed by atoms with Crippen LogP contribution in [0.1, 0.15) is 21.5 Å². The maximum Gasteiger partial charge on any atom is 0.184 e. The summed E-state index contributed by atoms with van der Waals surface area (Å²) in [4.78, 5) is 16.8. The maximum atomic E-state index is 12.3. The third-order valence-electron chi connectivity index (χ3n) is 3.83. The minimum absolute atomic E-state index is 0. The Labute approximate surface area is 155 Å². The number of benzene rings is 2. The number of ketones is 1. The van der Waals surface area contributed by atoms with Gasteiger partial charge in [-0.15, -0.1) is 17.0 Å². The number of Topliss-reactive ketones (excluding diaryl/α,β-unsaturated/α-hetero) is 1. The van der Waals surface area contributed by atoms with Crippen LogP contribution in [0, 0.1) is 13.8 Å². The van der Waals surface area contributed by atoms with Crippen LogP contribution in [-0.2, 0) is 0 Å². The molecule has 0 unspecified atom stereocenters. The van der Waals surface area contributed by atoms with Gasteiger partial charge in [-0.1, -0.05) is 29.5 Å². The molecule has 1 aromatic heterocycles. The number of halogens is 1. The van der Waals surface area contributed by atoms with E-state index in [9.17, 15) is 4.79 Å². The average molecular weight is 407 g/mol. The van der Waals surface area contributed by atoms with Crippen LogP contribution in [0.3, 0.4) is 0 Å². The highest BCUT2D eigenvalue weighted by Crippen LogP contribution is 2.31. The Morgan fingerprint density at radius 1 is 1.21 bits per heavy atom. The molecule has 0 spiro atoms. The Morgan fingerprint density at radius 2 is 2.00 bits per heavy atom. The van der Waals surface area contributed by atoms with Gasteiger partial charge in [0.2, 0.25) is 0 Å². The van der Waals surface area contributed by atoms with E-state index in [4.69, 9.17) is 4.74 Å². The maximum absolute atomic E-state index is 12.3. The van der Waals surface area contributed by atoms with Gasteiger partial charge >= 0.3 is 0 Å². The number of methoxy groups -OCH3 is 1. The molecule has 0 saturated heterocycles. The molecular formula is C18H19BrN2O2S. The van der Waals surface area contributed by atoms with Crippen molar-refractivity contribution in [3.05, 3.63) is 53.1 Å². The molecule has 2 aromatic carbocycles. The fourth-order valence-electron chi connectivity index (χ4n) is 2.34. The molecule has 0 aliphatic carbocycles. The zero-order chi connectivity index (χ0) is 16.4.